The van der Waals surface area contributed by atoms with Crippen molar-refractivity contribution in [3.63, 3.8) is 0 Å². The van der Waals surface area contributed by atoms with E-state index in [4.69, 9.17) is 0 Å². The van der Waals surface area contributed by atoms with Crippen molar-refractivity contribution in [1.82, 2.24) is 5.32 Å². The maximum atomic E-state index is 13.5. The number of benzene rings is 1. The summed E-state index contributed by atoms with van der Waals surface area (Å²) in [4.78, 5) is 11.6. The Morgan fingerprint density at radius 3 is 2.63 bits per heavy atom. The number of nitrogens with one attached hydrogen (secondary N) is 2. The molecule has 0 bridgehead atoms. The van der Waals surface area contributed by atoms with Gasteiger partial charge in [0.15, 0.2) is 0 Å². The molecule has 5 heteroatoms. The van der Waals surface area contributed by atoms with Gasteiger partial charge in [-0.2, -0.15) is 0 Å². The van der Waals surface area contributed by atoms with E-state index in [9.17, 15) is 13.6 Å². The first-order valence-electron chi connectivity index (χ1n) is 6.43. The van der Waals surface area contributed by atoms with Crippen LogP contribution in [0.3, 0.4) is 0 Å². The second-order valence-electron chi connectivity index (χ2n) is 4.69. The summed E-state index contributed by atoms with van der Waals surface area (Å²) >= 11 is 0. The maximum absolute atomic E-state index is 13.5. The molecular weight excluding hydrogens is 250 g/mol. The number of amides is 1. The van der Waals surface area contributed by atoms with Crippen LogP contribution in [0, 0.1) is 18.6 Å². The minimum Gasteiger partial charge on any atom is -0.374 e. The predicted octanol–water partition coefficient (Wildman–Crippen LogP) is 2.99. The van der Waals surface area contributed by atoms with Gasteiger partial charge < -0.3 is 10.6 Å². The van der Waals surface area contributed by atoms with Crippen molar-refractivity contribution in [3.8, 4) is 0 Å². The standard InChI is InChI=1S/C14H20F2N2O/c1-4-5-10(3)18-14(19)8-17-13-7-11(15)9(2)6-12(13)16/h6-7,10,17H,4-5,8H2,1-3H3,(H,18,19). The molecule has 1 unspecified atom stereocenters. The lowest BCUT2D eigenvalue weighted by atomic mass is 10.2. The van der Waals surface area contributed by atoms with E-state index in [1.807, 2.05) is 13.8 Å². The summed E-state index contributed by atoms with van der Waals surface area (Å²) in [5, 5.41) is 5.38. The van der Waals surface area contributed by atoms with Crippen LogP contribution in [-0.4, -0.2) is 18.5 Å². The third kappa shape index (κ3) is 4.85. The first-order chi connectivity index (χ1) is 8.93. The van der Waals surface area contributed by atoms with Crippen molar-refractivity contribution in [2.24, 2.45) is 0 Å². The van der Waals surface area contributed by atoms with E-state index in [2.05, 4.69) is 10.6 Å². The summed E-state index contributed by atoms with van der Waals surface area (Å²) in [6, 6.07) is 2.25. The molecule has 0 saturated carbocycles. The number of halogens is 2. The fourth-order valence-corrected chi connectivity index (χ4v) is 1.79. The molecule has 1 rings (SSSR count). The number of aryl methyl sites for hydroxylation is 1. The lowest BCUT2D eigenvalue weighted by Gasteiger charge is -2.14. The summed E-state index contributed by atoms with van der Waals surface area (Å²) in [6.45, 7) is 5.35. The van der Waals surface area contributed by atoms with Crippen molar-refractivity contribution in [2.45, 2.75) is 39.7 Å². The number of carbonyl (C=O) groups excluding carboxylic acids is 1. The van der Waals surface area contributed by atoms with E-state index in [0.29, 0.717) is 0 Å². The number of carbonyl (C=O) groups is 1. The van der Waals surface area contributed by atoms with Gasteiger partial charge in [0.2, 0.25) is 5.91 Å². The smallest absolute Gasteiger partial charge is 0.239 e. The maximum Gasteiger partial charge on any atom is 0.239 e. The van der Waals surface area contributed by atoms with Gasteiger partial charge in [-0.05, 0) is 31.9 Å². The Kier molecular flexibility index (Phi) is 5.73. The minimum absolute atomic E-state index is 0.00129. The summed E-state index contributed by atoms with van der Waals surface area (Å²) in [5.41, 5.74) is 0.241. The van der Waals surface area contributed by atoms with Crippen LogP contribution in [0.2, 0.25) is 0 Å². The monoisotopic (exact) mass is 270 g/mol. The summed E-state index contributed by atoms with van der Waals surface area (Å²) in [7, 11) is 0. The van der Waals surface area contributed by atoms with Gasteiger partial charge >= 0.3 is 0 Å². The van der Waals surface area contributed by atoms with E-state index in [1.54, 1.807) is 0 Å². The molecule has 0 saturated heterocycles. The van der Waals surface area contributed by atoms with E-state index in [0.717, 1.165) is 25.0 Å². The molecule has 0 aliphatic rings. The third-order valence-electron chi connectivity index (χ3n) is 2.82. The van der Waals surface area contributed by atoms with Crippen LogP contribution in [0.5, 0.6) is 0 Å². The van der Waals surface area contributed by atoms with Crippen LogP contribution >= 0.6 is 0 Å². The molecule has 3 nitrogen and oxygen atoms in total. The summed E-state index contributed by atoms with van der Waals surface area (Å²) < 4.78 is 26.8. The summed E-state index contributed by atoms with van der Waals surface area (Å²) in [6.07, 6.45) is 1.87. The molecule has 0 aromatic heterocycles. The fourth-order valence-electron chi connectivity index (χ4n) is 1.79. The molecule has 19 heavy (non-hydrogen) atoms. The van der Waals surface area contributed by atoms with Gasteiger partial charge in [-0.3, -0.25) is 4.79 Å². The molecule has 0 aliphatic carbocycles. The van der Waals surface area contributed by atoms with Crippen LogP contribution in [0.25, 0.3) is 0 Å². The van der Waals surface area contributed by atoms with Crippen LogP contribution in [-0.2, 0) is 4.79 Å². The second-order valence-corrected chi connectivity index (χ2v) is 4.69. The highest BCUT2D eigenvalue weighted by atomic mass is 19.1. The topological polar surface area (TPSA) is 41.1 Å². The van der Waals surface area contributed by atoms with Crippen LogP contribution < -0.4 is 10.6 Å². The Morgan fingerprint density at radius 2 is 2.00 bits per heavy atom. The zero-order valence-corrected chi connectivity index (χ0v) is 11.5. The van der Waals surface area contributed by atoms with Crippen LogP contribution in [0.15, 0.2) is 12.1 Å². The average Bonchev–Trinajstić information content (AvgIpc) is 2.32. The van der Waals surface area contributed by atoms with Gasteiger partial charge in [-0.25, -0.2) is 8.78 Å². The van der Waals surface area contributed by atoms with E-state index >= 15 is 0 Å². The average molecular weight is 270 g/mol. The minimum atomic E-state index is -0.562. The van der Waals surface area contributed by atoms with Gasteiger partial charge in [0.25, 0.3) is 0 Å². The second kappa shape index (κ2) is 7.07. The molecule has 0 aliphatic heterocycles. The number of hydrogen-bond acceptors (Lipinski definition) is 2. The SMILES string of the molecule is CCCC(C)NC(=O)CNc1cc(F)c(C)cc1F. The lowest BCUT2D eigenvalue weighted by Crippen LogP contribution is -2.36. The van der Waals surface area contributed by atoms with Crippen molar-refractivity contribution in [1.29, 1.82) is 0 Å². The van der Waals surface area contributed by atoms with E-state index in [1.165, 1.54) is 6.92 Å². The molecule has 0 spiro atoms. The highest BCUT2D eigenvalue weighted by Crippen LogP contribution is 2.18. The van der Waals surface area contributed by atoms with Crippen molar-refractivity contribution in [3.05, 3.63) is 29.3 Å². The Hall–Kier alpha value is -1.65. The van der Waals surface area contributed by atoms with Crippen LogP contribution in [0.4, 0.5) is 14.5 Å². The Labute approximate surface area is 112 Å². The molecule has 0 radical (unpaired) electrons. The molecule has 0 heterocycles. The van der Waals surface area contributed by atoms with E-state index in [-0.39, 0.29) is 29.7 Å². The van der Waals surface area contributed by atoms with Gasteiger partial charge in [0.1, 0.15) is 11.6 Å². The Balaban J connectivity index is 2.53. The fraction of sp³-hybridized carbons (Fsp3) is 0.500. The summed E-state index contributed by atoms with van der Waals surface area (Å²) in [5.74, 6) is -1.29. The predicted molar refractivity (Wildman–Crippen MR) is 72.1 cm³/mol. The molecule has 0 fully saturated rings. The van der Waals surface area contributed by atoms with Crippen molar-refractivity contribution in [2.75, 3.05) is 11.9 Å². The normalized spacial score (nSPS) is 12.1. The van der Waals surface area contributed by atoms with E-state index < -0.39 is 11.6 Å². The zero-order chi connectivity index (χ0) is 14.4. The molecule has 1 atom stereocenters. The number of rotatable bonds is 6. The first kappa shape index (κ1) is 15.4. The number of hydrogen-bond donors (Lipinski definition) is 2. The molecule has 1 amide bonds. The molecule has 106 valence electrons. The zero-order valence-electron chi connectivity index (χ0n) is 11.5. The molecule has 1 aromatic rings. The molecular formula is C14H20F2N2O. The van der Waals surface area contributed by atoms with Gasteiger partial charge in [-0.1, -0.05) is 13.3 Å². The quantitative estimate of drug-likeness (QED) is 0.834. The van der Waals surface area contributed by atoms with Gasteiger partial charge in [-0.15, -0.1) is 0 Å². The van der Waals surface area contributed by atoms with Gasteiger partial charge in [0, 0.05) is 12.1 Å². The van der Waals surface area contributed by atoms with Crippen molar-refractivity contribution >= 4 is 11.6 Å². The first-order valence-corrected chi connectivity index (χ1v) is 6.43. The Morgan fingerprint density at radius 1 is 1.32 bits per heavy atom. The number of anilines is 1. The largest absolute Gasteiger partial charge is 0.374 e. The molecule has 2 N–H and O–H groups in total. The van der Waals surface area contributed by atoms with Crippen molar-refractivity contribution < 1.29 is 13.6 Å². The third-order valence-corrected chi connectivity index (χ3v) is 2.82. The van der Waals surface area contributed by atoms with Crippen LogP contribution in [0.1, 0.15) is 32.3 Å². The Bertz CT molecular complexity index is 449. The van der Waals surface area contributed by atoms with Gasteiger partial charge in [0.05, 0.1) is 12.2 Å². The molecule has 1 aromatic carbocycles. The lowest BCUT2D eigenvalue weighted by molar-refractivity contribution is -0.120. The highest BCUT2D eigenvalue weighted by molar-refractivity contribution is 5.81. The highest BCUT2D eigenvalue weighted by Gasteiger charge is 2.10.